The Labute approximate surface area is 129 Å². The Morgan fingerprint density at radius 1 is 1.14 bits per heavy atom. The SMILES string of the molecule is CCN(CC)c1ccc(CNCCCOCC2CC2)cc1. The number of anilines is 1. The average molecular weight is 290 g/mol. The molecule has 1 aromatic rings. The molecular formula is C18H30N2O. The number of nitrogens with zero attached hydrogens (tertiary/aromatic N) is 1. The summed E-state index contributed by atoms with van der Waals surface area (Å²) in [7, 11) is 0. The number of nitrogens with one attached hydrogen (secondary N) is 1. The Morgan fingerprint density at radius 3 is 2.48 bits per heavy atom. The average Bonchev–Trinajstić information content (AvgIpc) is 3.33. The Kier molecular flexibility index (Phi) is 7.04. The van der Waals surface area contributed by atoms with Gasteiger partial charge < -0.3 is 15.0 Å². The molecule has 21 heavy (non-hydrogen) atoms. The highest BCUT2D eigenvalue weighted by molar-refractivity contribution is 5.47. The lowest BCUT2D eigenvalue weighted by Gasteiger charge is -2.21. The van der Waals surface area contributed by atoms with Gasteiger partial charge in [0.05, 0.1) is 0 Å². The molecule has 1 saturated carbocycles. The summed E-state index contributed by atoms with van der Waals surface area (Å²) >= 11 is 0. The van der Waals surface area contributed by atoms with E-state index in [0.29, 0.717) is 0 Å². The van der Waals surface area contributed by atoms with Crippen LogP contribution in [0, 0.1) is 5.92 Å². The van der Waals surface area contributed by atoms with E-state index in [0.717, 1.165) is 51.7 Å². The van der Waals surface area contributed by atoms with Crippen LogP contribution in [-0.2, 0) is 11.3 Å². The van der Waals surface area contributed by atoms with Gasteiger partial charge in [-0.1, -0.05) is 12.1 Å². The normalized spacial score (nSPS) is 14.4. The number of rotatable bonds is 11. The lowest BCUT2D eigenvalue weighted by molar-refractivity contribution is 0.122. The third-order valence-electron chi connectivity index (χ3n) is 4.09. The van der Waals surface area contributed by atoms with Gasteiger partial charge >= 0.3 is 0 Å². The maximum absolute atomic E-state index is 5.63. The van der Waals surface area contributed by atoms with Gasteiger partial charge in [0.15, 0.2) is 0 Å². The maximum atomic E-state index is 5.63. The minimum Gasteiger partial charge on any atom is -0.381 e. The quantitative estimate of drug-likeness (QED) is 0.632. The van der Waals surface area contributed by atoms with E-state index in [1.54, 1.807) is 0 Å². The van der Waals surface area contributed by atoms with E-state index in [1.165, 1.54) is 24.1 Å². The zero-order valence-electron chi connectivity index (χ0n) is 13.6. The molecule has 1 fully saturated rings. The van der Waals surface area contributed by atoms with Crippen LogP contribution in [0.25, 0.3) is 0 Å². The van der Waals surface area contributed by atoms with Crippen LogP contribution in [0.15, 0.2) is 24.3 Å². The van der Waals surface area contributed by atoms with Crippen molar-refractivity contribution in [3.05, 3.63) is 29.8 Å². The highest BCUT2D eigenvalue weighted by Crippen LogP contribution is 2.28. The molecule has 0 spiro atoms. The molecule has 118 valence electrons. The fourth-order valence-electron chi connectivity index (χ4n) is 2.48. The first-order chi connectivity index (χ1) is 10.3. The minimum atomic E-state index is 0.877. The van der Waals surface area contributed by atoms with Crippen molar-refractivity contribution in [2.24, 2.45) is 5.92 Å². The molecule has 2 rings (SSSR count). The summed E-state index contributed by atoms with van der Waals surface area (Å²) in [6.45, 7) is 10.4. The Balaban J connectivity index is 1.57. The van der Waals surface area contributed by atoms with Crippen LogP contribution >= 0.6 is 0 Å². The van der Waals surface area contributed by atoms with Crippen LogP contribution in [0.3, 0.4) is 0 Å². The smallest absolute Gasteiger partial charge is 0.0494 e. The molecule has 0 aliphatic heterocycles. The van der Waals surface area contributed by atoms with Crippen LogP contribution in [0.2, 0.25) is 0 Å². The van der Waals surface area contributed by atoms with Gasteiger partial charge in [0.2, 0.25) is 0 Å². The summed E-state index contributed by atoms with van der Waals surface area (Å²) in [6.07, 6.45) is 3.85. The predicted molar refractivity (Wildman–Crippen MR) is 89.9 cm³/mol. The summed E-state index contributed by atoms with van der Waals surface area (Å²) in [5, 5.41) is 3.49. The lowest BCUT2D eigenvalue weighted by atomic mass is 10.2. The van der Waals surface area contributed by atoms with Crippen molar-refractivity contribution in [2.45, 2.75) is 39.7 Å². The second kappa shape index (κ2) is 9.06. The highest BCUT2D eigenvalue weighted by Gasteiger charge is 2.20. The monoisotopic (exact) mass is 290 g/mol. The second-order valence-electron chi connectivity index (χ2n) is 5.89. The van der Waals surface area contributed by atoms with E-state index in [2.05, 4.69) is 48.3 Å². The molecule has 3 nitrogen and oxygen atoms in total. The van der Waals surface area contributed by atoms with E-state index >= 15 is 0 Å². The van der Waals surface area contributed by atoms with Crippen molar-refractivity contribution in [2.75, 3.05) is 37.7 Å². The zero-order valence-corrected chi connectivity index (χ0v) is 13.6. The summed E-state index contributed by atoms with van der Waals surface area (Å²) < 4.78 is 5.63. The molecule has 0 heterocycles. The topological polar surface area (TPSA) is 24.5 Å². The molecule has 0 unspecified atom stereocenters. The summed E-state index contributed by atoms with van der Waals surface area (Å²) in [6, 6.07) is 8.90. The number of hydrogen-bond donors (Lipinski definition) is 1. The Bertz CT molecular complexity index is 383. The van der Waals surface area contributed by atoms with Crippen molar-refractivity contribution >= 4 is 5.69 Å². The number of hydrogen-bond acceptors (Lipinski definition) is 3. The molecule has 1 aliphatic rings. The van der Waals surface area contributed by atoms with Crippen molar-refractivity contribution in [1.82, 2.24) is 5.32 Å². The molecule has 0 bridgehead atoms. The van der Waals surface area contributed by atoms with Crippen molar-refractivity contribution in [1.29, 1.82) is 0 Å². The van der Waals surface area contributed by atoms with Gasteiger partial charge in [-0.05, 0) is 63.3 Å². The van der Waals surface area contributed by atoms with E-state index < -0.39 is 0 Å². The number of benzene rings is 1. The molecule has 1 aliphatic carbocycles. The van der Waals surface area contributed by atoms with Crippen LogP contribution < -0.4 is 10.2 Å². The fourth-order valence-corrected chi connectivity index (χ4v) is 2.48. The molecule has 0 radical (unpaired) electrons. The Morgan fingerprint density at radius 2 is 1.86 bits per heavy atom. The Hall–Kier alpha value is -1.06. The van der Waals surface area contributed by atoms with E-state index in [1.807, 2.05) is 0 Å². The van der Waals surface area contributed by atoms with Gasteiger partial charge in [0, 0.05) is 38.5 Å². The van der Waals surface area contributed by atoms with Crippen LogP contribution in [0.5, 0.6) is 0 Å². The van der Waals surface area contributed by atoms with E-state index in [-0.39, 0.29) is 0 Å². The molecule has 0 amide bonds. The molecule has 0 atom stereocenters. The highest BCUT2D eigenvalue weighted by atomic mass is 16.5. The van der Waals surface area contributed by atoms with Crippen LogP contribution in [0.1, 0.15) is 38.7 Å². The first kappa shape index (κ1) is 16.3. The lowest BCUT2D eigenvalue weighted by Crippen LogP contribution is -2.21. The summed E-state index contributed by atoms with van der Waals surface area (Å²) in [4.78, 5) is 2.37. The minimum absolute atomic E-state index is 0.877. The molecule has 0 aromatic heterocycles. The molecular weight excluding hydrogens is 260 g/mol. The van der Waals surface area contributed by atoms with Gasteiger partial charge in [-0.3, -0.25) is 0 Å². The van der Waals surface area contributed by atoms with Crippen molar-refractivity contribution in [3.63, 3.8) is 0 Å². The van der Waals surface area contributed by atoms with Gasteiger partial charge in [0.1, 0.15) is 0 Å². The standard InChI is InChI=1S/C18H30N2O/c1-3-20(4-2)18-10-8-16(9-11-18)14-19-12-5-13-21-15-17-6-7-17/h8-11,17,19H,3-7,12-15H2,1-2H3. The predicted octanol–water partition coefficient (Wildman–Crippen LogP) is 3.44. The molecule has 3 heteroatoms. The van der Waals surface area contributed by atoms with E-state index in [9.17, 15) is 0 Å². The molecule has 0 saturated heterocycles. The first-order valence-corrected chi connectivity index (χ1v) is 8.45. The van der Waals surface area contributed by atoms with Gasteiger partial charge in [0.25, 0.3) is 0 Å². The van der Waals surface area contributed by atoms with E-state index in [4.69, 9.17) is 4.74 Å². The maximum Gasteiger partial charge on any atom is 0.0494 e. The number of ether oxygens (including phenoxy) is 1. The zero-order chi connectivity index (χ0) is 14.9. The van der Waals surface area contributed by atoms with Crippen LogP contribution in [-0.4, -0.2) is 32.8 Å². The van der Waals surface area contributed by atoms with Gasteiger partial charge in [-0.2, -0.15) is 0 Å². The first-order valence-electron chi connectivity index (χ1n) is 8.45. The second-order valence-corrected chi connectivity index (χ2v) is 5.89. The summed E-state index contributed by atoms with van der Waals surface area (Å²) in [5.74, 6) is 0.877. The van der Waals surface area contributed by atoms with Crippen molar-refractivity contribution in [3.8, 4) is 0 Å². The third kappa shape index (κ3) is 6.06. The molecule has 1 aromatic carbocycles. The van der Waals surface area contributed by atoms with Gasteiger partial charge in [-0.15, -0.1) is 0 Å². The third-order valence-corrected chi connectivity index (χ3v) is 4.09. The molecule has 1 N–H and O–H groups in total. The summed E-state index contributed by atoms with van der Waals surface area (Å²) in [5.41, 5.74) is 2.67. The largest absolute Gasteiger partial charge is 0.381 e. The van der Waals surface area contributed by atoms with Crippen molar-refractivity contribution < 1.29 is 4.74 Å². The fraction of sp³-hybridized carbons (Fsp3) is 0.667. The van der Waals surface area contributed by atoms with Crippen LogP contribution in [0.4, 0.5) is 5.69 Å². The van der Waals surface area contributed by atoms with Gasteiger partial charge in [-0.25, -0.2) is 0 Å².